The number of methoxy groups -OCH3 is 1. The SMILES string of the molecule is COCC1CN(C(=O)Nc2ccc(C3CC3)c(C)c2)CC(C)(C)O1. The molecule has 5 nitrogen and oxygen atoms in total. The van der Waals surface area contributed by atoms with E-state index in [1.807, 2.05) is 24.8 Å². The zero-order valence-corrected chi connectivity index (χ0v) is 15.1. The number of rotatable bonds is 4. The molecule has 0 bridgehead atoms. The molecule has 3 rings (SSSR count). The first-order chi connectivity index (χ1) is 11.4. The van der Waals surface area contributed by atoms with Crippen LogP contribution in [0.3, 0.4) is 0 Å². The van der Waals surface area contributed by atoms with Crippen molar-refractivity contribution in [2.75, 3.05) is 32.1 Å². The van der Waals surface area contributed by atoms with Crippen LogP contribution in [0.4, 0.5) is 10.5 Å². The maximum atomic E-state index is 12.7. The average molecular weight is 332 g/mol. The second-order valence-electron chi connectivity index (χ2n) is 7.61. The first-order valence-electron chi connectivity index (χ1n) is 8.71. The zero-order chi connectivity index (χ0) is 17.3. The molecule has 24 heavy (non-hydrogen) atoms. The van der Waals surface area contributed by atoms with Crippen LogP contribution < -0.4 is 5.32 Å². The highest BCUT2D eigenvalue weighted by molar-refractivity contribution is 5.89. The molecule has 2 aliphatic rings. The van der Waals surface area contributed by atoms with Gasteiger partial charge in [0.15, 0.2) is 0 Å². The van der Waals surface area contributed by atoms with E-state index in [1.54, 1.807) is 7.11 Å². The quantitative estimate of drug-likeness (QED) is 0.917. The van der Waals surface area contributed by atoms with Gasteiger partial charge in [-0.2, -0.15) is 0 Å². The van der Waals surface area contributed by atoms with E-state index in [1.165, 1.54) is 24.0 Å². The van der Waals surface area contributed by atoms with Gasteiger partial charge in [-0.15, -0.1) is 0 Å². The predicted octanol–water partition coefficient (Wildman–Crippen LogP) is 3.53. The van der Waals surface area contributed by atoms with Gasteiger partial charge in [-0.05, 0) is 62.8 Å². The largest absolute Gasteiger partial charge is 0.382 e. The molecular formula is C19H28N2O3. The third-order valence-electron chi connectivity index (χ3n) is 4.66. The monoisotopic (exact) mass is 332 g/mol. The molecule has 1 aromatic rings. The smallest absolute Gasteiger partial charge is 0.322 e. The third kappa shape index (κ3) is 4.08. The van der Waals surface area contributed by atoms with E-state index in [2.05, 4.69) is 24.4 Å². The summed E-state index contributed by atoms with van der Waals surface area (Å²) in [7, 11) is 1.65. The van der Waals surface area contributed by atoms with Crippen LogP contribution in [0.25, 0.3) is 0 Å². The van der Waals surface area contributed by atoms with Crippen molar-refractivity contribution in [3.63, 3.8) is 0 Å². The van der Waals surface area contributed by atoms with Gasteiger partial charge in [-0.25, -0.2) is 4.79 Å². The van der Waals surface area contributed by atoms with Crippen LogP contribution in [0, 0.1) is 6.92 Å². The number of ether oxygens (including phenoxy) is 2. The number of hydrogen-bond donors (Lipinski definition) is 1. The van der Waals surface area contributed by atoms with Crippen molar-refractivity contribution in [3.8, 4) is 0 Å². The lowest BCUT2D eigenvalue weighted by atomic mass is 10.0. The minimum absolute atomic E-state index is 0.0777. The number of carbonyl (C=O) groups is 1. The molecule has 1 N–H and O–H groups in total. The highest BCUT2D eigenvalue weighted by atomic mass is 16.5. The lowest BCUT2D eigenvalue weighted by molar-refractivity contribution is -0.141. The number of benzene rings is 1. The Kier molecular flexibility index (Phi) is 4.83. The van der Waals surface area contributed by atoms with Crippen LogP contribution >= 0.6 is 0 Å². The van der Waals surface area contributed by atoms with Gasteiger partial charge in [-0.1, -0.05) is 6.07 Å². The summed E-state index contributed by atoms with van der Waals surface area (Å²) in [5.74, 6) is 0.726. The van der Waals surface area contributed by atoms with E-state index in [0.717, 1.165) is 11.6 Å². The van der Waals surface area contributed by atoms with Crippen molar-refractivity contribution >= 4 is 11.7 Å². The van der Waals surface area contributed by atoms with Crippen LogP contribution in [0.2, 0.25) is 0 Å². The topological polar surface area (TPSA) is 50.8 Å². The molecule has 1 saturated carbocycles. The van der Waals surface area contributed by atoms with Gasteiger partial charge in [0.2, 0.25) is 0 Å². The summed E-state index contributed by atoms with van der Waals surface area (Å²) in [6, 6.07) is 6.16. The minimum Gasteiger partial charge on any atom is -0.382 e. The van der Waals surface area contributed by atoms with E-state index in [4.69, 9.17) is 9.47 Å². The van der Waals surface area contributed by atoms with Gasteiger partial charge in [0, 0.05) is 12.8 Å². The molecule has 1 unspecified atom stereocenters. The molecule has 1 atom stereocenters. The van der Waals surface area contributed by atoms with Crippen LogP contribution in [0.5, 0.6) is 0 Å². The predicted molar refractivity (Wildman–Crippen MR) is 94.6 cm³/mol. The van der Waals surface area contributed by atoms with E-state index >= 15 is 0 Å². The van der Waals surface area contributed by atoms with E-state index < -0.39 is 0 Å². The van der Waals surface area contributed by atoms with Gasteiger partial charge in [0.25, 0.3) is 0 Å². The molecule has 0 radical (unpaired) electrons. The number of amides is 2. The summed E-state index contributed by atoms with van der Waals surface area (Å²) in [5.41, 5.74) is 3.16. The number of anilines is 1. The summed E-state index contributed by atoms with van der Waals surface area (Å²) >= 11 is 0. The summed E-state index contributed by atoms with van der Waals surface area (Å²) in [6.45, 7) is 7.73. The van der Waals surface area contributed by atoms with E-state index in [0.29, 0.717) is 19.7 Å². The number of nitrogens with one attached hydrogen (secondary N) is 1. The summed E-state index contributed by atoms with van der Waals surface area (Å²) < 4.78 is 11.2. The fourth-order valence-corrected chi connectivity index (χ4v) is 3.53. The Labute approximate surface area is 144 Å². The Hall–Kier alpha value is -1.59. The Morgan fingerprint density at radius 2 is 2.17 bits per heavy atom. The van der Waals surface area contributed by atoms with Gasteiger partial charge >= 0.3 is 6.03 Å². The highest BCUT2D eigenvalue weighted by Crippen LogP contribution is 2.42. The van der Waals surface area contributed by atoms with Crippen molar-refractivity contribution in [2.24, 2.45) is 0 Å². The standard InChI is InChI=1S/C19H28N2O3/c1-13-9-15(7-8-17(13)14-5-6-14)20-18(22)21-10-16(11-23-4)24-19(2,3)12-21/h7-9,14,16H,5-6,10-12H2,1-4H3,(H,20,22). The van der Waals surface area contributed by atoms with Crippen LogP contribution in [0.15, 0.2) is 18.2 Å². The number of aryl methyl sites for hydroxylation is 1. The molecule has 1 aromatic carbocycles. The first-order valence-corrected chi connectivity index (χ1v) is 8.71. The fraction of sp³-hybridized carbons (Fsp3) is 0.632. The Morgan fingerprint density at radius 3 is 2.79 bits per heavy atom. The van der Waals surface area contributed by atoms with Crippen molar-refractivity contribution in [1.82, 2.24) is 4.90 Å². The van der Waals surface area contributed by atoms with Crippen LogP contribution in [-0.2, 0) is 9.47 Å². The molecule has 1 saturated heterocycles. The molecule has 5 heteroatoms. The fourth-order valence-electron chi connectivity index (χ4n) is 3.53. The highest BCUT2D eigenvalue weighted by Gasteiger charge is 2.35. The Bertz CT molecular complexity index is 611. The second-order valence-corrected chi connectivity index (χ2v) is 7.61. The van der Waals surface area contributed by atoms with Gasteiger partial charge in [0.1, 0.15) is 0 Å². The number of morpholine rings is 1. The Balaban J connectivity index is 1.66. The maximum absolute atomic E-state index is 12.7. The molecule has 132 valence electrons. The normalized spacial score (nSPS) is 23.2. The minimum atomic E-state index is -0.371. The number of hydrogen-bond acceptors (Lipinski definition) is 3. The van der Waals surface area contributed by atoms with Gasteiger partial charge in [-0.3, -0.25) is 0 Å². The van der Waals surface area contributed by atoms with Gasteiger partial charge in [0.05, 0.1) is 31.4 Å². The molecule has 1 aliphatic carbocycles. The van der Waals surface area contributed by atoms with Crippen molar-refractivity contribution in [1.29, 1.82) is 0 Å². The summed E-state index contributed by atoms with van der Waals surface area (Å²) in [4.78, 5) is 14.5. The molecule has 0 spiro atoms. The Morgan fingerprint density at radius 1 is 1.42 bits per heavy atom. The molecule has 1 aliphatic heterocycles. The van der Waals surface area contributed by atoms with Crippen molar-refractivity contribution in [2.45, 2.75) is 51.2 Å². The second kappa shape index (κ2) is 6.73. The summed E-state index contributed by atoms with van der Waals surface area (Å²) in [5, 5.41) is 3.03. The van der Waals surface area contributed by atoms with Crippen molar-refractivity contribution in [3.05, 3.63) is 29.3 Å². The zero-order valence-electron chi connectivity index (χ0n) is 15.1. The molecule has 1 heterocycles. The van der Waals surface area contributed by atoms with Crippen LogP contribution in [-0.4, -0.2) is 49.4 Å². The maximum Gasteiger partial charge on any atom is 0.322 e. The number of nitrogens with zero attached hydrogens (tertiary/aromatic N) is 1. The van der Waals surface area contributed by atoms with E-state index in [-0.39, 0.29) is 17.7 Å². The van der Waals surface area contributed by atoms with Crippen molar-refractivity contribution < 1.29 is 14.3 Å². The number of urea groups is 1. The number of carbonyl (C=O) groups excluding carboxylic acids is 1. The van der Waals surface area contributed by atoms with E-state index in [9.17, 15) is 4.79 Å². The molecule has 2 fully saturated rings. The first kappa shape index (κ1) is 17.2. The van der Waals surface area contributed by atoms with Gasteiger partial charge < -0.3 is 19.7 Å². The molecule has 2 amide bonds. The lowest BCUT2D eigenvalue weighted by Crippen LogP contribution is -2.56. The van der Waals surface area contributed by atoms with Crippen LogP contribution in [0.1, 0.15) is 43.7 Å². The molecule has 0 aromatic heterocycles. The molecular weight excluding hydrogens is 304 g/mol. The lowest BCUT2D eigenvalue weighted by Gasteiger charge is -2.42. The summed E-state index contributed by atoms with van der Waals surface area (Å²) in [6.07, 6.45) is 2.48. The third-order valence-corrected chi connectivity index (χ3v) is 4.66. The average Bonchev–Trinajstić information content (AvgIpc) is 3.30.